The van der Waals surface area contributed by atoms with Crippen LogP contribution in [-0.2, 0) is 6.54 Å². The number of rotatable bonds is 4. The molecule has 1 aliphatic rings. The second-order valence-corrected chi connectivity index (χ2v) is 6.68. The van der Waals surface area contributed by atoms with Crippen molar-refractivity contribution in [1.29, 1.82) is 0 Å². The maximum absolute atomic E-state index is 4.88. The van der Waals surface area contributed by atoms with E-state index in [-0.39, 0.29) is 0 Å². The van der Waals surface area contributed by atoms with Crippen LogP contribution in [0.5, 0.6) is 0 Å². The fourth-order valence-electron chi connectivity index (χ4n) is 3.38. The summed E-state index contributed by atoms with van der Waals surface area (Å²) >= 11 is 0. The number of nitrogens with two attached hydrogens (primary N) is 1. The summed E-state index contributed by atoms with van der Waals surface area (Å²) in [5.74, 6) is 1.76. The van der Waals surface area contributed by atoms with Crippen molar-refractivity contribution in [3.8, 4) is 11.3 Å². The van der Waals surface area contributed by atoms with E-state index >= 15 is 0 Å². The number of anilines is 2. The van der Waals surface area contributed by atoms with Gasteiger partial charge in [0.05, 0.1) is 17.8 Å². The van der Waals surface area contributed by atoms with Crippen LogP contribution in [0.1, 0.15) is 5.56 Å². The van der Waals surface area contributed by atoms with Crippen molar-refractivity contribution in [3.63, 3.8) is 0 Å². The molecule has 0 radical (unpaired) electrons. The van der Waals surface area contributed by atoms with Gasteiger partial charge in [-0.3, -0.25) is 4.98 Å². The molecular weight excluding hydrogens is 350 g/mol. The number of aromatic nitrogens is 3. The second kappa shape index (κ2) is 6.88. The number of hydrogen-bond acceptors (Lipinski definition) is 6. The van der Waals surface area contributed by atoms with Gasteiger partial charge in [0.15, 0.2) is 5.69 Å². The van der Waals surface area contributed by atoms with Gasteiger partial charge in [-0.05, 0) is 42.0 Å². The topological polar surface area (TPSA) is 82.6 Å². The third-order valence-electron chi connectivity index (χ3n) is 4.86. The van der Waals surface area contributed by atoms with Crippen LogP contribution in [0, 0.1) is 0 Å². The van der Waals surface area contributed by atoms with E-state index in [2.05, 4.69) is 56.2 Å². The van der Waals surface area contributed by atoms with Gasteiger partial charge in [0.2, 0.25) is 5.82 Å². The van der Waals surface area contributed by atoms with E-state index in [1.807, 2.05) is 49.1 Å². The maximum atomic E-state index is 4.88. The lowest BCUT2D eigenvalue weighted by Gasteiger charge is -2.15. The Balaban J connectivity index is 1.44. The van der Waals surface area contributed by atoms with Crippen molar-refractivity contribution in [2.24, 2.45) is 0 Å². The van der Waals surface area contributed by atoms with Crippen LogP contribution in [0.15, 0.2) is 67.0 Å². The molecule has 0 bridgehead atoms. The highest BCUT2D eigenvalue weighted by atomic mass is 15.7. The average molecular weight is 370 g/mol. The molecule has 1 aliphatic heterocycles. The Morgan fingerprint density at radius 3 is 2.89 bits per heavy atom. The molecule has 0 amide bonds. The number of fused-ring (bicyclic) bond motifs is 2. The van der Waals surface area contributed by atoms with Crippen molar-refractivity contribution in [2.75, 3.05) is 17.4 Å². The highest BCUT2D eigenvalue weighted by Gasteiger charge is 2.25. The summed E-state index contributed by atoms with van der Waals surface area (Å²) in [6.45, 7) is 0.710. The molecule has 7 nitrogen and oxygen atoms in total. The summed E-state index contributed by atoms with van der Waals surface area (Å²) in [5, 5.41) is 6.24. The van der Waals surface area contributed by atoms with Crippen molar-refractivity contribution in [3.05, 3.63) is 72.6 Å². The number of nitrogens with one attached hydrogen (secondary N) is 2. The molecule has 0 spiro atoms. The lowest BCUT2D eigenvalue weighted by atomic mass is 10.1. The van der Waals surface area contributed by atoms with Gasteiger partial charge >= 0.3 is 0 Å². The normalized spacial score (nSPS) is 13.0. The first kappa shape index (κ1) is 16.6. The number of quaternary nitrogens is 1. The quantitative estimate of drug-likeness (QED) is 0.479. The zero-order chi connectivity index (χ0) is 18.9. The highest BCUT2D eigenvalue weighted by molar-refractivity contribution is 5.79. The van der Waals surface area contributed by atoms with E-state index in [4.69, 9.17) is 4.98 Å². The van der Waals surface area contributed by atoms with Crippen LogP contribution in [0.2, 0.25) is 0 Å². The summed E-state index contributed by atoms with van der Waals surface area (Å²) in [4.78, 5) is 13.7. The fraction of sp³-hybridized carbons (Fsp3) is 0.0952. The van der Waals surface area contributed by atoms with E-state index < -0.39 is 0 Å². The molecule has 0 saturated heterocycles. The smallest absolute Gasteiger partial charge is 0.212 e. The zero-order valence-corrected chi connectivity index (χ0v) is 15.4. The van der Waals surface area contributed by atoms with Gasteiger partial charge in [-0.25, -0.2) is 20.4 Å². The molecule has 4 N–H and O–H groups in total. The largest absolute Gasteiger partial charge is 0.373 e. The summed E-state index contributed by atoms with van der Waals surface area (Å²) in [6, 6.07) is 18.5. The maximum Gasteiger partial charge on any atom is 0.212 e. The minimum atomic E-state index is 0.710. The molecule has 0 saturated carbocycles. The Hall–Kier alpha value is -3.55. The van der Waals surface area contributed by atoms with Crippen molar-refractivity contribution < 1.29 is 5.43 Å². The molecular formula is C21H20N7+. The van der Waals surface area contributed by atoms with E-state index in [0.29, 0.717) is 6.54 Å². The van der Waals surface area contributed by atoms with Gasteiger partial charge in [0.25, 0.3) is 0 Å². The summed E-state index contributed by atoms with van der Waals surface area (Å²) < 4.78 is 0. The second-order valence-electron chi connectivity index (χ2n) is 6.68. The lowest BCUT2D eigenvalue weighted by molar-refractivity contribution is -0.626. The third kappa shape index (κ3) is 3.02. The van der Waals surface area contributed by atoms with E-state index in [9.17, 15) is 0 Å². The number of benzene rings is 1. The first-order chi connectivity index (χ1) is 13.8. The van der Waals surface area contributed by atoms with Gasteiger partial charge < -0.3 is 5.32 Å². The Morgan fingerprint density at radius 1 is 1.07 bits per heavy atom. The molecule has 138 valence electrons. The van der Waals surface area contributed by atoms with E-state index in [1.54, 1.807) is 0 Å². The molecule has 3 aromatic heterocycles. The molecule has 0 fully saturated rings. The Morgan fingerprint density at radius 2 is 2.04 bits per heavy atom. The molecule has 0 aliphatic carbocycles. The Kier molecular flexibility index (Phi) is 4.08. The predicted molar refractivity (Wildman–Crippen MR) is 110 cm³/mol. The minimum absolute atomic E-state index is 0.710. The van der Waals surface area contributed by atoms with Gasteiger partial charge in [-0.2, -0.15) is 0 Å². The Bertz CT molecular complexity index is 1140. The third-order valence-corrected chi connectivity index (χ3v) is 4.86. The monoisotopic (exact) mass is 370 g/mol. The number of hydrazine groups is 1. The van der Waals surface area contributed by atoms with Crippen LogP contribution >= 0.6 is 0 Å². The van der Waals surface area contributed by atoms with Crippen LogP contribution in [0.3, 0.4) is 0 Å². The molecule has 5 rings (SSSR count). The van der Waals surface area contributed by atoms with Crippen LogP contribution in [0.25, 0.3) is 22.2 Å². The Labute approximate surface area is 162 Å². The molecule has 1 aromatic carbocycles. The molecule has 0 atom stereocenters. The molecule has 4 heterocycles. The SMILES string of the molecule is CNc1ccc(-c2ccc3c(n2)N(Cc2ccc4ncccc4c2)N[NH2+]3)cn1. The van der Waals surface area contributed by atoms with Crippen LogP contribution in [0.4, 0.5) is 17.3 Å². The van der Waals surface area contributed by atoms with Crippen molar-refractivity contribution >= 4 is 28.2 Å². The van der Waals surface area contributed by atoms with Gasteiger partial charge in [0.1, 0.15) is 5.82 Å². The fourth-order valence-corrected chi connectivity index (χ4v) is 3.38. The number of nitrogens with zero attached hydrogens (tertiary/aromatic N) is 4. The minimum Gasteiger partial charge on any atom is -0.373 e. The molecule has 28 heavy (non-hydrogen) atoms. The van der Waals surface area contributed by atoms with Gasteiger partial charge in [0, 0.05) is 36.5 Å². The predicted octanol–water partition coefficient (Wildman–Crippen LogP) is 2.37. The van der Waals surface area contributed by atoms with E-state index in [1.165, 1.54) is 5.56 Å². The first-order valence-corrected chi connectivity index (χ1v) is 9.16. The number of hydrogen-bond donors (Lipinski definition) is 3. The zero-order valence-electron chi connectivity index (χ0n) is 15.4. The lowest BCUT2D eigenvalue weighted by Crippen LogP contribution is -2.87. The average Bonchev–Trinajstić information content (AvgIpc) is 3.16. The molecule has 4 aromatic rings. The summed E-state index contributed by atoms with van der Waals surface area (Å²) in [6.07, 6.45) is 3.66. The van der Waals surface area contributed by atoms with Crippen LogP contribution < -0.4 is 21.3 Å². The van der Waals surface area contributed by atoms with E-state index in [0.717, 1.165) is 39.5 Å². The summed E-state index contributed by atoms with van der Waals surface area (Å²) in [5.41, 5.74) is 10.5. The van der Waals surface area contributed by atoms with Crippen molar-refractivity contribution in [1.82, 2.24) is 20.5 Å². The molecule has 0 unspecified atom stereocenters. The standard InChI is InChI=1S/C21H19N7/c1-22-20-9-5-16(12-24-20)18-7-8-19-21(25-18)28(27-26-19)13-14-4-6-17-15(11-14)3-2-10-23-17/h2-12,26-27H,13H2,1H3,(H,22,24)/p+1. The number of pyridine rings is 3. The summed E-state index contributed by atoms with van der Waals surface area (Å²) in [7, 11) is 1.86. The van der Waals surface area contributed by atoms with Crippen molar-refractivity contribution in [2.45, 2.75) is 6.54 Å². The first-order valence-electron chi connectivity index (χ1n) is 9.16. The van der Waals surface area contributed by atoms with Gasteiger partial charge in [-0.1, -0.05) is 17.7 Å². The highest BCUT2D eigenvalue weighted by Crippen LogP contribution is 2.27. The van der Waals surface area contributed by atoms with Gasteiger partial charge in [-0.15, -0.1) is 0 Å². The van der Waals surface area contributed by atoms with Crippen LogP contribution in [-0.4, -0.2) is 22.0 Å². The molecule has 7 heteroatoms.